The first-order valence-electron chi connectivity index (χ1n) is 4.96. The smallest absolute Gasteiger partial charge is 0.137 e. The number of ether oxygens (including phenoxy) is 1. The molecule has 82 valence electrons. The topological polar surface area (TPSA) is 29.5 Å². The molecule has 0 aliphatic heterocycles. The zero-order chi connectivity index (χ0) is 10.8. The summed E-state index contributed by atoms with van der Waals surface area (Å²) in [7, 11) is 0. The second-order valence-electron chi connectivity index (χ2n) is 3.67. The van der Waals surface area contributed by atoms with Gasteiger partial charge in [-0.25, -0.2) is 4.39 Å². The molecule has 2 rings (SSSR count). The predicted octanol–water partition coefficient (Wildman–Crippen LogP) is 2.66. The van der Waals surface area contributed by atoms with Crippen LogP contribution in [0.4, 0.5) is 4.39 Å². The van der Waals surface area contributed by atoms with Gasteiger partial charge < -0.3 is 9.84 Å². The summed E-state index contributed by atoms with van der Waals surface area (Å²) in [4.78, 5) is 0. The van der Waals surface area contributed by atoms with E-state index in [2.05, 4.69) is 15.9 Å². The van der Waals surface area contributed by atoms with Gasteiger partial charge in [-0.2, -0.15) is 0 Å². The summed E-state index contributed by atoms with van der Waals surface area (Å²) in [6.45, 7) is -0.00306. The average molecular weight is 275 g/mol. The SMILES string of the molecule is OCCc1cc(F)cc(Br)c1OC1CC1. The second-order valence-corrected chi connectivity index (χ2v) is 4.52. The van der Waals surface area contributed by atoms with Crippen LogP contribution in [-0.2, 0) is 6.42 Å². The molecule has 1 aliphatic rings. The summed E-state index contributed by atoms with van der Waals surface area (Å²) in [5.74, 6) is 0.362. The van der Waals surface area contributed by atoms with Gasteiger partial charge in [-0.15, -0.1) is 0 Å². The highest BCUT2D eigenvalue weighted by atomic mass is 79.9. The van der Waals surface area contributed by atoms with Crippen LogP contribution in [0.5, 0.6) is 5.75 Å². The highest BCUT2D eigenvalue weighted by Crippen LogP contribution is 2.35. The van der Waals surface area contributed by atoms with Gasteiger partial charge in [0.05, 0.1) is 10.6 Å². The van der Waals surface area contributed by atoms with E-state index in [9.17, 15) is 4.39 Å². The number of aliphatic hydroxyl groups excluding tert-OH is 1. The maximum atomic E-state index is 13.1. The molecular formula is C11H12BrFO2. The molecule has 0 unspecified atom stereocenters. The molecule has 1 fully saturated rings. The molecule has 15 heavy (non-hydrogen) atoms. The van der Waals surface area contributed by atoms with Crippen LogP contribution < -0.4 is 4.74 Å². The van der Waals surface area contributed by atoms with Crippen LogP contribution in [0, 0.1) is 5.82 Å². The van der Waals surface area contributed by atoms with Crippen LogP contribution in [0.1, 0.15) is 18.4 Å². The van der Waals surface area contributed by atoms with Gasteiger partial charge in [-0.3, -0.25) is 0 Å². The molecule has 2 nitrogen and oxygen atoms in total. The molecule has 0 saturated heterocycles. The van der Waals surface area contributed by atoms with Crippen molar-refractivity contribution < 1.29 is 14.2 Å². The molecule has 1 aromatic carbocycles. The summed E-state index contributed by atoms with van der Waals surface area (Å²) in [6, 6.07) is 2.80. The number of hydrogen-bond acceptors (Lipinski definition) is 2. The standard InChI is InChI=1S/C11H12BrFO2/c12-10-6-8(13)5-7(3-4-14)11(10)15-9-1-2-9/h5-6,9,14H,1-4H2. The zero-order valence-electron chi connectivity index (χ0n) is 8.17. The van der Waals surface area contributed by atoms with Crippen molar-refractivity contribution in [3.63, 3.8) is 0 Å². The molecule has 1 aliphatic carbocycles. The highest BCUT2D eigenvalue weighted by Gasteiger charge is 2.25. The van der Waals surface area contributed by atoms with Crippen molar-refractivity contribution in [3.05, 3.63) is 28.0 Å². The van der Waals surface area contributed by atoms with E-state index in [1.807, 2.05) is 0 Å². The van der Waals surface area contributed by atoms with Crippen LogP contribution in [0.15, 0.2) is 16.6 Å². The molecule has 0 bridgehead atoms. The van der Waals surface area contributed by atoms with Crippen molar-refractivity contribution in [1.82, 2.24) is 0 Å². The molecule has 0 amide bonds. The van der Waals surface area contributed by atoms with E-state index in [0.29, 0.717) is 16.6 Å². The number of hydrogen-bond donors (Lipinski definition) is 1. The average Bonchev–Trinajstić information content (AvgIpc) is 2.95. The lowest BCUT2D eigenvalue weighted by atomic mass is 10.1. The van der Waals surface area contributed by atoms with E-state index in [0.717, 1.165) is 18.4 Å². The lowest BCUT2D eigenvalue weighted by Crippen LogP contribution is -2.03. The van der Waals surface area contributed by atoms with E-state index in [-0.39, 0.29) is 18.5 Å². The van der Waals surface area contributed by atoms with Gasteiger partial charge in [-0.05, 0) is 47.3 Å². The third-order valence-electron chi connectivity index (χ3n) is 2.28. The minimum atomic E-state index is -0.312. The fourth-order valence-electron chi connectivity index (χ4n) is 1.40. The summed E-state index contributed by atoms with van der Waals surface area (Å²) < 4.78 is 19.4. The maximum Gasteiger partial charge on any atom is 0.137 e. The van der Waals surface area contributed by atoms with Crippen LogP contribution >= 0.6 is 15.9 Å². The molecule has 1 saturated carbocycles. The predicted molar refractivity (Wildman–Crippen MR) is 58.5 cm³/mol. The molecule has 0 heterocycles. The fourth-order valence-corrected chi connectivity index (χ4v) is 1.97. The Bertz CT molecular complexity index is 364. The third kappa shape index (κ3) is 2.69. The molecule has 0 atom stereocenters. The second kappa shape index (κ2) is 4.49. The van der Waals surface area contributed by atoms with Crippen molar-refractivity contribution in [2.75, 3.05) is 6.61 Å². The van der Waals surface area contributed by atoms with Gasteiger partial charge >= 0.3 is 0 Å². The van der Waals surface area contributed by atoms with Crippen molar-refractivity contribution in [2.45, 2.75) is 25.4 Å². The van der Waals surface area contributed by atoms with E-state index < -0.39 is 0 Å². The van der Waals surface area contributed by atoms with Crippen LogP contribution in [0.25, 0.3) is 0 Å². The van der Waals surface area contributed by atoms with E-state index in [1.54, 1.807) is 0 Å². The normalized spacial score (nSPS) is 15.4. The minimum Gasteiger partial charge on any atom is -0.489 e. The van der Waals surface area contributed by atoms with Crippen molar-refractivity contribution >= 4 is 15.9 Å². The Hall–Kier alpha value is -0.610. The Morgan fingerprint density at radius 1 is 1.47 bits per heavy atom. The van der Waals surface area contributed by atoms with Crippen LogP contribution in [0.2, 0.25) is 0 Å². The monoisotopic (exact) mass is 274 g/mol. The summed E-state index contributed by atoms with van der Waals surface area (Å²) >= 11 is 3.28. The lowest BCUT2D eigenvalue weighted by molar-refractivity contribution is 0.281. The highest BCUT2D eigenvalue weighted by molar-refractivity contribution is 9.10. The number of halogens is 2. The van der Waals surface area contributed by atoms with E-state index >= 15 is 0 Å². The van der Waals surface area contributed by atoms with Crippen LogP contribution in [-0.4, -0.2) is 17.8 Å². The third-order valence-corrected chi connectivity index (χ3v) is 2.86. The van der Waals surface area contributed by atoms with Gasteiger partial charge in [0.25, 0.3) is 0 Å². The van der Waals surface area contributed by atoms with E-state index in [1.165, 1.54) is 12.1 Å². The summed E-state index contributed by atoms with van der Waals surface area (Å²) in [5.41, 5.74) is 0.719. The Morgan fingerprint density at radius 2 is 2.20 bits per heavy atom. The Kier molecular flexibility index (Phi) is 3.26. The van der Waals surface area contributed by atoms with Gasteiger partial charge in [0, 0.05) is 12.2 Å². The fraction of sp³-hybridized carbons (Fsp3) is 0.455. The van der Waals surface area contributed by atoms with Gasteiger partial charge in [0.2, 0.25) is 0 Å². The Labute approximate surface area is 96.2 Å². The summed E-state index contributed by atoms with van der Waals surface area (Å²) in [5, 5.41) is 8.88. The molecule has 0 spiro atoms. The first kappa shape index (κ1) is 10.9. The van der Waals surface area contributed by atoms with E-state index in [4.69, 9.17) is 9.84 Å². The molecule has 1 aromatic rings. The van der Waals surface area contributed by atoms with Gasteiger partial charge in [0.1, 0.15) is 11.6 Å². The minimum absolute atomic E-state index is 0.00306. The number of rotatable bonds is 4. The van der Waals surface area contributed by atoms with Crippen LogP contribution in [0.3, 0.4) is 0 Å². The zero-order valence-corrected chi connectivity index (χ0v) is 9.76. The van der Waals surface area contributed by atoms with Crippen molar-refractivity contribution in [2.24, 2.45) is 0 Å². The van der Waals surface area contributed by atoms with Gasteiger partial charge in [0.15, 0.2) is 0 Å². The number of aliphatic hydroxyl groups is 1. The Morgan fingerprint density at radius 3 is 2.80 bits per heavy atom. The first-order valence-corrected chi connectivity index (χ1v) is 5.75. The van der Waals surface area contributed by atoms with Gasteiger partial charge in [-0.1, -0.05) is 0 Å². The first-order chi connectivity index (χ1) is 7.20. The lowest BCUT2D eigenvalue weighted by Gasteiger charge is -2.12. The maximum absolute atomic E-state index is 13.1. The molecule has 0 aromatic heterocycles. The largest absolute Gasteiger partial charge is 0.489 e. The quantitative estimate of drug-likeness (QED) is 0.915. The van der Waals surface area contributed by atoms with Crippen molar-refractivity contribution in [3.8, 4) is 5.75 Å². The molecule has 1 N–H and O–H groups in total. The van der Waals surface area contributed by atoms with Crippen molar-refractivity contribution in [1.29, 1.82) is 0 Å². The molecule has 0 radical (unpaired) electrons. The molecular weight excluding hydrogens is 263 g/mol. The number of benzene rings is 1. The summed E-state index contributed by atoms with van der Waals surface area (Å²) in [6.07, 6.45) is 2.80. The molecule has 4 heteroatoms. The Balaban J connectivity index is 2.29.